The average molecular weight is 493 g/mol. The van der Waals surface area contributed by atoms with Crippen molar-refractivity contribution in [3.63, 3.8) is 0 Å². The molecule has 34 heavy (non-hydrogen) atoms. The van der Waals surface area contributed by atoms with Crippen LogP contribution in [0, 0.1) is 20.8 Å². The number of hydrogen-bond acceptors (Lipinski definition) is 7. The zero-order valence-corrected chi connectivity index (χ0v) is 20.3. The van der Waals surface area contributed by atoms with Crippen LogP contribution in [0.2, 0.25) is 5.02 Å². The molecule has 9 nitrogen and oxygen atoms in total. The third-order valence-electron chi connectivity index (χ3n) is 5.63. The van der Waals surface area contributed by atoms with E-state index in [4.69, 9.17) is 16.6 Å². The largest absolute Gasteiger partial charge is 0.344 e. The number of aliphatic imine (C=N–C) groups is 1. The number of fused-ring (bicyclic) bond motifs is 3. The molecule has 1 atom stereocenters. The van der Waals surface area contributed by atoms with Crippen LogP contribution >= 0.6 is 22.9 Å². The first-order valence-electron chi connectivity index (χ1n) is 10.6. The summed E-state index contributed by atoms with van der Waals surface area (Å²) in [6, 6.07) is 7.03. The standard InChI is InChI=1S/C23H21ClN8OS/c1-12-13(2)34-23-20(12)21(15-4-6-16(24)7-5-15)28-17(22-31-29-14(3)32(22)23)10-19(33)30-27-11-18-25-8-9-26-18/h4-9,11,17H,10H2,1-3H3,(H,25,26)(H,30,33)/b27-11+. The highest BCUT2D eigenvalue weighted by Gasteiger charge is 2.32. The van der Waals surface area contributed by atoms with E-state index in [0.29, 0.717) is 16.7 Å². The fraction of sp³-hybridized carbons (Fsp3) is 0.217. The van der Waals surface area contributed by atoms with E-state index in [1.54, 1.807) is 23.7 Å². The predicted octanol–water partition coefficient (Wildman–Crippen LogP) is 4.06. The maximum Gasteiger partial charge on any atom is 0.242 e. The normalized spacial score (nSPS) is 15.1. The van der Waals surface area contributed by atoms with Gasteiger partial charge in [0.25, 0.3) is 0 Å². The van der Waals surface area contributed by atoms with Crippen molar-refractivity contribution >= 4 is 40.8 Å². The highest BCUT2D eigenvalue weighted by atomic mass is 35.5. The molecule has 1 aromatic carbocycles. The number of aryl methyl sites for hydroxylation is 2. The molecule has 0 radical (unpaired) electrons. The molecule has 0 bridgehead atoms. The number of nitrogens with zero attached hydrogens (tertiary/aromatic N) is 6. The first kappa shape index (κ1) is 22.2. The fourth-order valence-electron chi connectivity index (χ4n) is 3.87. The summed E-state index contributed by atoms with van der Waals surface area (Å²) in [5, 5.41) is 14.3. The third-order valence-corrected chi connectivity index (χ3v) is 7.08. The zero-order valence-electron chi connectivity index (χ0n) is 18.7. The average Bonchev–Trinajstić information content (AvgIpc) is 3.51. The number of carbonyl (C=O) groups is 1. The number of carbonyl (C=O) groups excluding carboxylic acids is 1. The van der Waals surface area contributed by atoms with Crippen LogP contribution in [0.15, 0.2) is 46.8 Å². The van der Waals surface area contributed by atoms with Gasteiger partial charge in [0.2, 0.25) is 5.91 Å². The Morgan fingerprint density at radius 2 is 2.06 bits per heavy atom. The molecule has 0 spiro atoms. The van der Waals surface area contributed by atoms with Gasteiger partial charge in [0.1, 0.15) is 22.7 Å². The van der Waals surface area contributed by atoms with Gasteiger partial charge in [-0.3, -0.25) is 14.4 Å². The minimum Gasteiger partial charge on any atom is -0.344 e. The molecular formula is C23H21ClN8OS. The van der Waals surface area contributed by atoms with E-state index in [2.05, 4.69) is 44.5 Å². The molecule has 1 aliphatic rings. The van der Waals surface area contributed by atoms with Gasteiger partial charge in [0, 0.05) is 33.4 Å². The monoisotopic (exact) mass is 492 g/mol. The number of imidazole rings is 1. The number of amides is 1. The number of rotatable bonds is 5. The smallest absolute Gasteiger partial charge is 0.242 e. The molecule has 0 aliphatic carbocycles. The molecule has 3 aromatic heterocycles. The van der Waals surface area contributed by atoms with Crippen LogP contribution in [-0.2, 0) is 4.79 Å². The van der Waals surface area contributed by atoms with Crippen LogP contribution in [0.4, 0.5) is 0 Å². The number of nitrogens with one attached hydrogen (secondary N) is 2. The lowest BCUT2D eigenvalue weighted by Crippen LogP contribution is -2.21. The lowest BCUT2D eigenvalue weighted by Gasteiger charge is -2.12. The molecule has 4 heterocycles. The fourth-order valence-corrected chi connectivity index (χ4v) is 5.21. The van der Waals surface area contributed by atoms with Crippen molar-refractivity contribution in [2.75, 3.05) is 0 Å². The van der Waals surface area contributed by atoms with Crippen molar-refractivity contribution in [2.45, 2.75) is 33.2 Å². The number of aromatic amines is 1. The highest BCUT2D eigenvalue weighted by molar-refractivity contribution is 7.15. The summed E-state index contributed by atoms with van der Waals surface area (Å²) in [6.45, 7) is 6.09. The van der Waals surface area contributed by atoms with Gasteiger partial charge >= 0.3 is 0 Å². The zero-order chi connectivity index (χ0) is 23.8. The minimum absolute atomic E-state index is 0.0533. The Morgan fingerprint density at radius 3 is 2.79 bits per heavy atom. The van der Waals surface area contributed by atoms with E-state index >= 15 is 0 Å². The van der Waals surface area contributed by atoms with E-state index in [-0.39, 0.29) is 12.3 Å². The van der Waals surface area contributed by atoms with Crippen molar-refractivity contribution < 1.29 is 4.79 Å². The molecule has 4 aromatic rings. The molecule has 1 amide bonds. The second kappa shape index (κ2) is 8.96. The van der Waals surface area contributed by atoms with Gasteiger partial charge in [0.05, 0.1) is 18.3 Å². The second-order valence-corrected chi connectivity index (χ2v) is 9.52. The number of benzene rings is 1. The van der Waals surface area contributed by atoms with E-state index in [1.165, 1.54) is 11.1 Å². The molecule has 1 aliphatic heterocycles. The second-order valence-electron chi connectivity index (χ2n) is 7.88. The number of thiophene rings is 1. The third kappa shape index (κ3) is 4.06. The highest BCUT2D eigenvalue weighted by Crippen LogP contribution is 2.39. The first-order chi connectivity index (χ1) is 16.4. The Hall–Kier alpha value is -3.63. The van der Waals surface area contributed by atoms with Crippen molar-refractivity contribution in [3.8, 4) is 5.00 Å². The summed E-state index contributed by atoms with van der Waals surface area (Å²) >= 11 is 7.81. The number of hydrogen-bond donors (Lipinski definition) is 2. The summed E-state index contributed by atoms with van der Waals surface area (Å²) in [6.07, 6.45) is 4.79. The van der Waals surface area contributed by atoms with E-state index in [0.717, 1.165) is 33.2 Å². The van der Waals surface area contributed by atoms with Crippen molar-refractivity contribution in [1.82, 2.24) is 30.2 Å². The summed E-state index contributed by atoms with van der Waals surface area (Å²) in [7, 11) is 0. The molecule has 5 rings (SSSR count). The van der Waals surface area contributed by atoms with Gasteiger partial charge in [-0.05, 0) is 38.5 Å². The Morgan fingerprint density at radius 1 is 1.26 bits per heavy atom. The summed E-state index contributed by atoms with van der Waals surface area (Å²) in [5.41, 5.74) is 6.44. The van der Waals surface area contributed by atoms with Crippen molar-refractivity contribution in [1.29, 1.82) is 0 Å². The van der Waals surface area contributed by atoms with Crippen molar-refractivity contribution in [3.05, 3.63) is 80.7 Å². The van der Waals surface area contributed by atoms with Gasteiger partial charge in [-0.2, -0.15) is 5.10 Å². The van der Waals surface area contributed by atoms with Crippen LogP contribution in [0.3, 0.4) is 0 Å². The quantitative estimate of drug-likeness (QED) is 0.323. The lowest BCUT2D eigenvalue weighted by molar-refractivity contribution is -0.121. The molecule has 2 N–H and O–H groups in total. The molecule has 0 saturated heterocycles. The molecule has 0 fully saturated rings. The van der Waals surface area contributed by atoms with Gasteiger partial charge < -0.3 is 4.98 Å². The maximum atomic E-state index is 12.8. The lowest BCUT2D eigenvalue weighted by atomic mass is 9.99. The summed E-state index contributed by atoms with van der Waals surface area (Å²) < 4.78 is 2.01. The first-order valence-corrected chi connectivity index (χ1v) is 11.8. The Kier molecular flexibility index (Phi) is 5.84. The van der Waals surface area contributed by atoms with Gasteiger partial charge in [-0.1, -0.05) is 23.7 Å². The molecule has 11 heteroatoms. The SMILES string of the molecule is Cc1sc2c(c1C)C(c1ccc(Cl)cc1)=NC(CC(=O)N/N=C/c1ncc[nH]1)c1nnc(C)n1-2. The topological polar surface area (TPSA) is 113 Å². The Bertz CT molecular complexity index is 1420. The van der Waals surface area contributed by atoms with E-state index < -0.39 is 6.04 Å². The van der Waals surface area contributed by atoms with Crippen LogP contribution in [0.1, 0.15) is 51.5 Å². The van der Waals surface area contributed by atoms with E-state index in [9.17, 15) is 4.79 Å². The Balaban J connectivity index is 1.56. The minimum atomic E-state index is -0.551. The van der Waals surface area contributed by atoms with Crippen LogP contribution in [0.25, 0.3) is 5.00 Å². The summed E-state index contributed by atoms with van der Waals surface area (Å²) in [5.74, 6) is 1.61. The Labute approximate surface area is 204 Å². The number of aromatic nitrogens is 5. The van der Waals surface area contributed by atoms with Crippen LogP contribution in [0.5, 0.6) is 0 Å². The van der Waals surface area contributed by atoms with Crippen LogP contribution in [-0.4, -0.2) is 42.6 Å². The molecule has 172 valence electrons. The van der Waals surface area contributed by atoms with Gasteiger partial charge in [0.15, 0.2) is 5.82 Å². The molecule has 0 saturated carbocycles. The number of H-pyrrole nitrogens is 1. The molecule has 1 unspecified atom stereocenters. The predicted molar refractivity (Wildman–Crippen MR) is 132 cm³/mol. The maximum absolute atomic E-state index is 12.8. The number of hydrazone groups is 1. The van der Waals surface area contributed by atoms with Crippen molar-refractivity contribution in [2.24, 2.45) is 10.1 Å². The number of halogens is 1. The molecular weight excluding hydrogens is 472 g/mol. The van der Waals surface area contributed by atoms with E-state index in [1.807, 2.05) is 35.8 Å². The van der Waals surface area contributed by atoms with Gasteiger partial charge in [-0.15, -0.1) is 21.5 Å². The van der Waals surface area contributed by atoms with Crippen LogP contribution < -0.4 is 5.43 Å². The van der Waals surface area contributed by atoms with Gasteiger partial charge in [-0.25, -0.2) is 10.4 Å². The summed E-state index contributed by atoms with van der Waals surface area (Å²) in [4.78, 5) is 26.0.